The first-order chi connectivity index (χ1) is 10.4. The van der Waals surface area contributed by atoms with E-state index in [-0.39, 0.29) is 17.6 Å². The van der Waals surface area contributed by atoms with E-state index in [2.05, 4.69) is 0 Å². The van der Waals surface area contributed by atoms with E-state index in [1.165, 1.54) is 0 Å². The molecule has 3 rings (SSSR count). The van der Waals surface area contributed by atoms with Crippen molar-refractivity contribution in [2.24, 2.45) is 0 Å². The van der Waals surface area contributed by atoms with Gasteiger partial charge >= 0.3 is 5.97 Å². The summed E-state index contributed by atoms with van der Waals surface area (Å²) < 4.78 is 28.0. The Bertz CT molecular complexity index is 662. The summed E-state index contributed by atoms with van der Waals surface area (Å²) in [6, 6.07) is 7.15. The third-order valence-electron chi connectivity index (χ3n) is 4.69. The molecule has 1 heterocycles. The second kappa shape index (κ2) is 5.57. The summed E-state index contributed by atoms with van der Waals surface area (Å²) in [4.78, 5) is 11.8. The van der Waals surface area contributed by atoms with Crippen LogP contribution in [0.3, 0.4) is 0 Å². The SMILES string of the molecule is O=C(O)C1(c2cccc(OC3CS(=O)(=O)C3)c2)CCCCC1. The maximum Gasteiger partial charge on any atom is 0.314 e. The van der Waals surface area contributed by atoms with Gasteiger partial charge in [-0.2, -0.15) is 0 Å². The Labute approximate surface area is 130 Å². The average molecular weight is 324 g/mol. The first-order valence-corrected chi connectivity index (χ1v) is 9.44. The van der Waals surface area contributed by atoms with Crippen LogP contribution in [0.25, 0.3) is 0 Å². The molecular weight excluding hydrogens is 304 g/mol. The molecule has 1 aromatic carbocycles. The fourth-order valence-electron chi connectivity index (χ4n) is 3.43. The van der Waals surface area contributed by atoms with Crippen LogP contribution in [-0.4, -0.2) is 37.1 Å². The number of ether oxygens (including phenoxy) is 1. The zero-order valence-electron chi connectivity index (χ0n) is 12.3. The zero-order chi connectivity index (χ0) is 15.8. The lowest BCUT2D eigenvalue weighted by atomic mass is 9.69. The minimum Gasteiger partial charge on any atom is -0.488 e. The van der Waals surface area contributed by atoms with Gasteiger partial charge in [-0.05, 0) is 30.5 Å². The van der Waals surface area contributed by atoms with Gasteiger partial charge in [-0.15, -0.1) is 0 Å². The predicted octanol–water partition coefficient (Wildman–Crippen LogP) is 2.15. The highest BCUT2D eigenvalue weighted by Gasteiger charge is 2.41. The largest absolute Gasteiger partial charge is 0.488 e. The number of hydrogen-bond acceptors (Lipinski definition) is 4. The summed E-state index contributed by atoms with van der Waals surface area (Å²) in [7, 11) is -2.93. The van der Waals surface area contributed by atoms with Gasteiger partial charge in [-0.3, -0.25) is 4.79 Å². The molecule has 0 radical (unpaired) electrons. The molecule has 0 amide bonds. The highest BCUT2D eigenvalue weighted by molar-refractivity contribution is 7.92. The average Bonchev–Trinajstić information content (AvgIpc) is 2.46. The summed E-state index contributed by atoms with van der Waals surface area (Å²) in [5.41, 5.74) is -0.0667. The van der Waals surface area contributed by atoms with Gasteiger partial charge in [0.25, 0.3) is 0 Å². The fraction of sp³-hybridized carbons (Fsp3) is 0.562. The van der Waals surface area contributed by atoms with Crippen LogP contribution in [0, 0.1) is 0 Å². The molecule has 0 bridgehead atoms. The Hall–Kier alpha value is -1.56. The lowest BCUT2D eigenvalue weighted by Gasteiger charge is -2.34. The zero-order valence-corrected chi connectivity index (χ0v) is 13.1. The number of carboxylic acid groups (broad SMARTS) is 1. The Kier molecular flexibility index (Phi) is 3.89. The lowest BCUT2D eigenvalue weighted by Crippen LogP contribution is -2.45. The van der Waals surface area contributed by atoms with Crippen LogP contribution < -0.4 is 4.74 Å². The number of sulfone groups is 1. The van der Waals surface area contributed by atoms with Gasteiger partial charge in [0.1, 0.15) is 11.9 Å². The van der Waals surface area contributed by atoms with Crippen LogP contribution in [0.2, 0.25) is 0 Å². The molecule has 6 heteroatoms. The molecule has 0 aromatic heterocycles. The summed E-state index contributed by atoms with van der Waals surface area (Å²) in [5, 5.41) is 9.72. The molecular formula is C16H20O5S. The Balaban J connectivity index is 1.82. The van der Waals surface area contributed by atoms with E-state index in [4.69, 9.17) is 4.74 Å². The third kappa shape index (κ3) is 2.84. The minimum atomic E-state index is -2.93. The van der Waals surface area contributed by atoms with Crippen molar-refractivity contribution in [3.63, 3.8) is 0 Å². The van der Waals surface area contributed by atoms with E-state index in [0.717, 1.165) is 24.8 Å². The van der Waals surface area contributed by atoms with Crippen molar-refractivity contribution in [3.8, 4) is 5.75 Å². The normalized spacial score (nSPS) is 23.5. The van der Waals surface area contributed by atoms with Gasteiger partial charge in [-0.25, -0.2) is 8.42 Å². The molecule has 1 saturated heterocycles. The maximum absolute atomic E-state index is 11.8. The van der Waals surface area contributed by atoms with Gasteiger partial charge < -0.3 is 9.84 Å². The summed E-state index contributed by atoms with van der Waals surface area (Å²) in [6.45, 7) is 0. The van der Waals surface area contributed by atoms with Gasteiger partial charge in [-0.1, -0.05) is 31.4 Å². The fourth-order valence-corrected chi connectivity index (χ4v) is 4.60. The number of rotatable bonds is 4. The van der Waals surface area contributed by atoms with E-state index in [0.29, 0.717) is 18.6 Å². The molecule has 1 aliphatic carbocycles. The first-order valence-electron chi connectivity index (χ1n) is 7.62. The van der Waals surface area contributed by atoms with Gasteiger partial charge in [0.15, 0.2) is 9.84 Å². The standard InChI is InChI=1S/C16H20O5S/c17-15(18)16(7-2-1-3-8-16)12-5-4-6-13(9-12)21-14-10-22(19,20)11-14/h4-6,9,14H,1-3,7-8,10-11H2,(H,17,18). The Morgan fingerprint density at radius 2 is 1.86 bits per heavy atom. The van der Waals surface area contributed by atoms with Crippen molar-refractivity contribution >= 4 is 15.8 Å². The molecule has 2 aliphatic rings. The van der Waals surface area contributed by atoms with Crippen LogP contribution in [0.15, 0.2) is 24.3 Å². The van der Waals surface area contributed by atoms with Crippen LogP contribution >= 0.6 is 0 Å². The molecule has 5 nitrogen and oxygen atoms in total. The molecule has 0 spiro atoms. The van der Waals surface area contributed by atoms with Gasteiger partial charge in [0.2, 0.25) is 0 Å². The van der Waals surface area contributed by atoms with E-state index >= 15 is 0 Å². The number of carboxylic acids is 1. The Morgan fingerprint density at radius 3 is 2.45 bits per heavy atom. The van der Waals surface area contributed by atoms with Gasteiger partial charge in [0.05, 0.1) is 16.9 Å². The van der Waals surface area contributed by atoms with Crippen LogP contribution in [0.5, 0.6) is 5.75 Å². The number of carbonyl (C=O) groups is 1. The number of hydrogen-bond donors (Lipinski definition) is 1. The summed E-state index contributed by atoms with van der Waals surface area (Å²) in [5.74, 6) is -0.137. The van der Waals surface area contributed by atoms with Crippen LogP contribution in [-0.2, 0) is 20.0 Å². The second-order valence-corrected chi connectivity index (χ2v) is 8.45. The lowest BCUT2D eigenvalue weighted by molar-refractivity contribution is -0.145. The van der Waals surface area contributed by atoms with E-state index < -0.39 is 21.2 Å². The maximum atomic E-state index is 11.8. The van der Waals surface area contributed by atoms with Crippen molar-refractivity contribution < 1.29 is 23.1 Å². The summed E-state index contributed by atoms with van der Waals surface area (Å²) in [6.07, 6.45) is 3.88. The van der Waals surface area contributed by atoms with Crippen LogP contribution in [0.1, 0.15) is 37.7 Å². The predicted molar refractivity (Wildman–Crippen MR) is 81.9 cm³/mol. The molecule has 1 N–H and O–H groups in total. The molecule has 1 aliphatic heterocycles. The van der Waals surface area contributed by atoms with Crippen LogP contribution in [0.4, 0.5) is 0 Å². The molecule has 0 atom stereocenters. The van der Waals surface area contributed by atoms with E-state index in [1.807, 2.05) is 6.07 Å². The van der Waals surface area contributed by atoms with E-state index in [9.17, 15) is 18.3 Å². The van der Waals surface area contributed by atoms with Crippen molar-refractivity contribution in [2.45, 2.75) is 43.6 Å². The number of aliphatic carboxylic acids is 1. The number of benzene rings is 1. The molecule has 1 aromatic rings. The van der Waals surface area contributed by atoms with Crippen molar-refractivity contribution in [1.29, 1.82) is 0 Å². The topological polar surface area (TPSA) is 80.7 Å². The minimum absolute atomic E-state index is 0.0430. The van der Waals surface area contributed by atoms with Crippen molar-refractivity contribution in [3.05, 3.63) is 29.8 Å². The molecule has 1 saturated carbocycles. The quantitative estimate of drug-likeness (QED) is 0.918. The molecule has 2 fully saturated rings. The molecule has 22 heavy (non-hydrogen) atoms. The molecule has 120 valence electrons. The van der Waals surface area contributed by atoms with Crippen molar-refractivity contribution in [1.82, 2.24) is 0 Å². The highest BCUT2D eigenvalue weighted by atomic mass is 32.2. The summed E-state index contributed by atoms with van der Waals surface area (Å²) >= 11 is 0. The smallest absolute Gasteiger partial charge is 0.314 e. The van der Waals surface area contributed by atoms with E-state index in [1.54, 1.807) is 18.2 Å². The second-order valence-electron chi connectivity index (χ2n) is 6.29. The van der Waals surface area contributed by atoms with Gasteiger partial charge in [0, 0.05) is 0 Å². The highest BCUT2D eigenvalue weighted by Crippen LogP contribution is 2.40. The van der Waals surface area contributed by atoms with Crippen molar-refractivity contribution in [2.75, 3.05) is 11.5 Å². The molecule has 0 unspecified atom stereocenters. The first kappa shape index (κ1) is 15.3. The Morgan fingerprint density at radius 1 is 1.18 bits per heavy atom. The third-order valence-corrected chi connectivity index (χ3v) is 6.44. The monoisotopic (exact) mass is 324 g/mol.